The maximum atomic E-state index is 8.33. The minimum atomic E-state index is 0.345. The highest BCUT2D eigenvalue weighted by molar-refractivity contribution is 9.10. The molecule has 56 valence electrons. The third kappa shape index (κ3) is 1.59. The summed E-state index contributed by atoms with van der Waals surface area (Å²) < 4.78 is 5.84. The molecule has 1 aromatic heterocycles. The van der Waals surface area contributed by atoms with Gasteiger partial charge < -0.3 is 9.62 Å². The topological polar surface area (TPSA) is 45.4 Å². The van der Waals surface area contributed by atoms with Crippen molar-refractivity contribution in [3.63, 3.8) is 0 Å². The average molecular weight is 206 g/mol. The maximum absolute atomic E-state index is 8.33. The molecule has 4 heteroatoms. The molecule has 0 aliphatic carbocycles. The summed E-state index contributed by atoms with van der Waals surface area (Å²) in [6.07, 6.45) is 0. The number of hydrogen-bond donors (Lipinski definition) is 2. The lowest BCUT2D eigenvalue weighted by molar-refractivity contribution is 0.152. The molecule has 0 aliphatic rings. The first kappa shape index (κ1) is 7.78. The standard InChI is InChI=1S/C6H8BrNO2/c1-4-2-6(7)10-5(4)3-8-9/h2,8-9H,3H2,1H3. The van der Waals surface area contributed by atoms with Gasteiger partial charge in [0, 0.05) is 0 Å². The molecule has 1 heterocycles. The largest absolute Gasteiger partial charge is 0.453 e. The SMILES string of the molecule is Cc1cc(Br)oc1CNO. The number of hydroxylamine groups is 1. The van der Waals surface area contributed by atoms with Gasteiger partial charge >= 0.3 is 0 Å². The van der Waals surface area contributed by atoms with Crippen LogP contribution < -0.4 is 5.48 Å². The van der Waals surface area contributed by atoms with Crippen LogP contribution >= 0.6 is 15.9 Å². The van der Waals surface area contributed by atoms with Crippen LogP contribution in [0.1, 0.15) is 11.3 Å². The molecule has 2 N–H and O–H groups in total. The zero-order valence-electron chi connectivity index (χ0n) is 5.52. The predicted octanol–water partition coefficient (Wildman–Crippen LogP) is 1.83. The summed E-state index contributed by atoms with van der Waals surface area (Å²) in [7, 11) is 0. The van der Waals surface area contributed by atoms with Crippen molar-refractivity contribution >= 4 is 15.9 Å². The van der Waals surface area contributed by atoms with Gasteiger partial charge in [0.05, 0.1) is 6.54 Å². The molecule has 0 amide bonds. The Morgan fingerprint density at radius 2 is 2.50 bits per heavy atom. The zero-order valence-corrected chi connectivity index (χ0v) is 7.10. The Kier molecular flexibility index (Phi) is 2.48. The number of hydrogen-bond acceptors (Lipinski definition) is 3. The van der Waals surface area contributed by atoms with Crippen molar-refractivity contribution in [3.05, 3.63) is 22.1 Å². The summed E-state index contributed by atoms with van der Waals surface area (Å²) in [5.41, 5.74) is 3.05. The molecule has 0 bridgehead atoms. The van der Waals surface area contributed by atoms with E-state index in [0.29, 0.717) is 11.2 Å². The van der Waals surface area contributed by atoms with Crippen LogP contribution in [0.3, 0.4) is 0 Å². The van der Waals surface area contributed by atoms with Crippen LogP contribution in [0.25, 0.3) is 0 Å². The van der Waals surface area contributed by atoms with Crippen LogP contribution in [-0.4, -0.2) is 5.21 Å². The van der Waals surface area contributed by atoms with E-state index in [0.717, 1.165) is 11.3 Å². The van der Waals surface area contributed by atoms with Crippen LogP contribution in [0.4, 0.5) is 0 Å². The fourth-order valence-electron chi connectivity index (χ4n) is 0.726. The Bertz CT molecular complexity index is 222. The highest BCUT2D eigenvalue weighted by Gasteiger charge is 2.03. The lowest BCUT2D eigenvalue weighted by atomic mass is 10.3. The third-order valence-corrected chi connectivity index (χ3v) is 1.62. The van der Waals surface area contributed by atoms with Crippen LogP contribution in [-0.2, 0) is 6.54 Å². The van der Waals surface area contributed by atoms with Gasteiger partial charge in [-0.15, -0.1) is 0 Å². The smallest absolute Gasteiger partial charge is 0.169 e. The van der Waals surface area contributed by atoms with Crippen molar-refractivity contribution in [1.29, 1.82) is 0 Å². The third-order valence-electron chi connectivity index (χ3n) is 1.23. The summed E-state index contributed by atoms with van der Waals surface area (Å²) in [6, 6.07) is 1.85. The van der Waals surface area contributed by atoms with Gasteiger partial charge in [0.1, 0.15) is 5.76 Å². The molecule has 0 saturated heterocycles. The van der Waals surface area contributed by atoms with E-state index in [1.54, 1.807) is 0 Å². The van der Waals surface area contributed by atoms with Crippen LogP contribution in [0.2, 0.25) is 0 Å². The first-order chi connectivity index (χ1) is 4.74. The predicted molar refractivity (Wildman–Crippen MR) is 39.8 cm³/mol. The number of furan rings is 1. The van der Waals surface area contributed by atoms with Crippen LogP contribution in [0.15, 0.2) is 15.2 Å². The number of halogens is 1. The van der Waals surface area contributed by atoms with E-state index in [1.807, 2.05) is 18.5 Å². The Labute approximate surface area is 67.1 Å². The lowest BCUT2D eigenvalue weighted by Gasteiger charge is -1.92. The number of nitrogens with one attached hydrogen (secondary N) is 1. The van der Waals surface area contributed by atoms with Gasteiger partial charge in [-0.25, -0.2) is 0 Å². The van der Waals surface area contributed by atoms with Gasteiger partial charge in [0.15, 0.2) is 4.67 Å². The van der Waals surface area contributed by atoms with E-state index in [1.165, 1.54) is 0 Å². The summed E-state index contributed by atoms with van der Waals surface area (Å²) in [5, 5.41) is 8.33. The Balaban J connectivity index is 2.81. The molecule has 0 fully saturated rings. The first-order valence-electron chi connectivity index (χ1n) is 2.86. The zero-order chi connectivity index (χ0) is 7.56. The molecular weight excluding hydrogens is 198 g/mol. The van der Waals surface area contributed by atoms with Gasteiger partial charge in [-0.2, -0.15) is 5.48 Å². The molecule has 0 spiro atoms. The van der Waals surface area contributed by atoms with E-state index in [2.05, 4.69) is 15.9 Å². The summed E-state index contributed by atoms with van der Waals surface area (Å²) in [5.74, 6) is 0.745. The second-order valence-electron chi connectivity index (χ2n) is 1.99. The minimum absolute atomic E-state index is 0.345. The fourth-order valence-corrected chi connectivity index (χ4v) is 1.26. The van der Waals surface area contributed by atoms with E-state index in [4.69, 9.17) is 9.62 Å². The quantitative estimate of drug-likeness (QED) is 0.725. The molecule has 0 atom stereocenters. The normalized spacial score (nSPS) is 10.3. The molecule has 0 saturated carbocycles. The molecule has 0 unspecified atom stereocenters. The molecule has 1 rings (SSSR count). The van der Waals surface area contributed by atoms with E-state index in [9.17, 15) is 0 Å². The van der Waals surface area contributed by atoms with Gasteiger partial charge in [0.25, 0.3) is 0 Å². The Morgan fingerprint density at radius 3 is 2.90 bits per heavy atom. The molecule has 3 nitrogen and oxygen atoms in total. The van der Waals surface area contributed by atoms with Crippen molar-refractivity contribution in [1.82, 2.24) is 5.48 Å². The minimum Gasteiger partial charge on any atom is -0.453 e. The number of aryl methyl sites for hydroxylation is 1. The highest BCUT2D eigenvalue weighted by Crippen LogP contribution is 2.18. The van der Waals surface area contributed by atoms with Gasteiger partial charge in [0.2, 0.25) is 0 Å². The van der Waals surface area contributed by atoms with E-state index < -0.39 is 0 Å². The van der Waals surface area contributed by atoms with Crippen molar-refractivity contribution in [2.75, 3.05) is 0 Å². The molecular formula is C6H8BrNO2. The maximum Gasteiger partial charge on any atom is 0.169 e. The fraction of sp³-hybridized carbons (Fsp3) is 0.333. The Morgan fingerprint density at radius 1 is 1.80 bits per heavy atom. The molecule has 1 aromatic rings. The van der Waals surface area contributed by atoms with Gasteiger partial charge in [-0.1, -0.05) is 0 Å². The molecule has 0 radical (unpaired) electrons. The van der Waals surface area contributed by atoms with Gasteiger partial charge in [-0.3, -0.25) is 0 Å². The van der Waals surface area contributed by atoms with Crippen molar-refractivity contribution in [2.45, 2.75) is 13.5 Å². The van der Waals surface area contributed by atoms with E-state index >= 15 is 0 Å². The molecule has 0 aliphatic heterocycles. The van der Waals surface area contributed by atoms with Crippen LogP contribution in [0, 0.1) is 6.92 Å². The monoisotopic (exact) mass is 205 g/mol. The second kappa shape index (κ2) is 3.18. The van der Waals surface area contributed by atoms with Crippen LogP contribution in [0.5, 0.6) is 0 Å². The van der Waals surface area contributed by atoms with E-state index in [-0.39, 0.29) is 0 Å². The molecule has 10 heavy (non-hydrogen) atoms. The van der Waals surface area contributed by atoms with Gasteiger partial charge in [-0.05, 0) is 34.5 Å². The van der Waals surface area contributed by atoms with Crippen molar-refractivity contribution in [2.24, 2.45) is 0 Å². The summed E-state index contributed by atoms with van der Waals surface area (Å²) in [4.78, 5) is 0. The summed E-state index contributed by atoms with van der Waals surface area (Å²) in [6.45, 7) is 2.26. The number of rotatable bonds is 2. The average Bonchev–Trinajstić information content (AvgIpc) is 2.13. The second-order valence-corrected chi connectivity index (χ2v) is 2.77. The summed E-state index contributed by atoms with van der Waals surface area (Å²) >= 11 is 3.18. The molecule has 0 aromatic carbocycles. The van der Waals surface area contributed by atoms with Crippen molar-refractivity contribution < 1.29 is 9.62 Å². The highest BCUT2D eigenvalue weighted by atomic mass is 79.9. The Hall–Kier alpha value is -0.320. The lowest BCUT2D eigenvalue weighted by Crippen LogP contribution is -2.05. The van der Waals surface area contributed by atoms with Crippen molar-refractivity contribution in [3.8, 4) is 0 Å². The first-order valence-corrected chi connectivity index (χ1v) is 3.65.